The van der Waals surface area contributed by atoms with Crippen molar-refractivity contribution < 1.29 is 5.11 Å². The molecule has 2 heteroatoms. The molecule has 0 aliphatic rings. The highest BCUT2D eigenvalue weighted by Crippen LogP contribution is 2.28. The Labute approximate surface area is 119 Å². The number of hydrogen-bond acceptors (Lipinski definition) is 2. The molecular weight excluding hydrogens is 252 g/mol. The Kier molecular flexibility index (Phi) is 4.43. The first-order valence-corrected chi connectivity index (χ1v) is 7.66. The number of hydrogen-bond donors (Lipinski definition) is 1. The Hall–Kier alpha value is -1.12. The molecule has 0 radical (unpaired) electrons. The van der Waals surface area contributed by atoms with E-state index in [0.717, 1.165) is 18.4 Å². The van der Waals surface area contributed by atoms with Crippen LogP contribution in [0.4, 0.5) is 0 Å². The van der Waals surface area contributed by atoms with Crippen molar-refractivity contribution in [2.24, 2.45) is 0 Å². The van der Waals surface area contributed by atoms with E-state index in [1.807, 2.05) is 11.3 Å². The lowest BCUT2D eigenvalue weighted by Crippen LogP contribution is -2.05. The Morgan fingerprint density at radius 2 is 1.63 bits per heavy atom. The van der Waals surface area contributed by atoms with Crippen molar-refractivity contribution in [3.63, 3.8) is 0 Å². The standard InChI is InChI=1S/C17H22OS/c1-5-14-6-7-15(19-14)10-16(18)17-12(3)8-11(2)9-13(17)4/h6-9,16,18H,5,10H2,1-4H3. The van der Waals surface area contributed by atoms with Gasteiger partial charge in [0.1, 0.15) is 0 Å². The van der Waals surface area contributed by atoms with E-state index in [-0.39, 0.29) is 0 Å². The lowest BCUT2D eigenvalue weighted by atomic mass is 9.94. The van der Waals surface area contributed by atoms with Gasteiger partial charge in [-0.1, -0.05) is 24.6 Å². The predicted octanol–water partition coefficient (Wildman–Crippen LogP) is 4.51. The van der Waals surface area contributed by atoms with Gasteiger partial charge in [0.25, 0.3) is 0 Å². The van der Waals surface area contributed by atoms with Crippen LogP contribution < -0.4 is 0 Å². The predicted molar refractivity (Wildman–Crippen MR) is 83.0 cm³/mol. The van der Waals surface area contributed by atoms with Gasteiger partial charge < -0.3 is 5.11 Å². The molecular formula is C17H22OS. The largest absolute Gasteiger partial charge is 0.388 e. The molecule has 1 unspecified atom stereocenters. The van der Waals surface area contributed by atoms with E-state index >= 15 is 0 Å². The van der Waals surface area contributed by atoms with E-state index < -0.39 is 6.10 Å². The number of aryl methyl sites for hydroxylation is 4. The minimum Gasteiger partial charge on any atom is -0.388 e. The van der Waals surface area contributed by atoms with Crippen LogP contribution >= 0.6 is 11.3 Å². The molecule has 102 valence electrons. The molecule has 0 amide bonds. The van der Waals surface area contributed by atoms with Gasteiger partial charge in [-0.25, -0.2) is 0 Å². The third-order valence-electron chi connectivity index (χ3n) is 3.53. The normalized spacial score (nSPS) is 12.7. The third kappa shape index (κ3) is 3.26. The molecule has 1 heterocycles. The molecule has 1 aromatic carbocycles. The van der Waals surface area contributed by atoms with E-state index in [9.17, 15) is 5.11 Å². The SMILES string of the molecule is CCc1ccc(CC(O)c2c(C)cc(C)cc2C)s1. The van der Waals surface area contributed by atoms with Crippen molar-refractivity contribution in [1.82, 2.24) is 0 Å². The molecule has 0 saturated heterocycles. The molecule has 1 aromatic heterocycles. The molecule has 1 atom stereocenters. The number of thiophene rings is 1. The molecule has 0 spiro atoms. The molecule has 0 aliphatic heterocycles. The second-order valence-electron chi connectivity index (χ2n) is 5.25. The van der Waals surface area contributed by atoms with Crippen LogP contribution in [0.25, 0.3) is 0 Å². The zero-order valence-electron chi connectivity index (χ0n) is 12.2. The maximum atomic E-state index is 10.5. The highest BCUT2D eigenvalue weighted by molar-refractivity contribution is 7.11. The second-order valence-corrected chi connectivity index (χ2v) is 6.51. The molecule has 0 saturated carbocycles. The first-order chi connectivity index (χ1) is 9.01. The van der Waals surface area contributed by atoms with Crippen LogP contribution in [0.3, 0.4) is 0 Å². The van der Waals surface area contributed by atoms with Crippen molar-refractivity contribution in [1.29, 1.82) is 0 Å². The van der Waals surface area contributed by atoms with Crippen LogP contribution in [-0.4, -0.2) is 5.11 Å². The molecule has 19 heavy (non-hydrogen) atoms. The summed E-state index contributed by atoms with van der Waals surface area (Å²) in [5.74, 6) is 0. The fraction of sp³-hybridized carbons (Fsp3) is 0.412. The Morgan fingerprint density at radius 3 is 2.16 bits per heavy atom. The number of aliphatic hydroxyl groups is 1. The maximum Gasteiger partial charge on any atom is 0.0843 e. The van der Waals surface area contributed by atoms with E-state index in [1.54, 1.807) is 0 Å². The van der Waals surface area contributed by atoms with E-state index in [4.69, 9.17) is 0 Å². The van der Waals surface area contributed by atoms with E-state index in [0.29, 0.717) is 0 Å². The van der Waals surface area contributed by atoms with Gasteiger partial charge in [0.15, 0.2) is 0 Å². The van der Waals surface area contributed by atoms with Crippen LogP contribution in [0, 0.1) is 20.8 Å². The van der Waals surface area contributed by atoms with Crippen molar-refractivity contribution >= 4 is 11.3 Å². The molecule has 2 rings (SSSR count). The van der Waals surface area contributed by atoms with Crippen LogP contribution in [0.2, 0.25) is 0 Å². The zero-order valence-corrected chi connectivity index (χ0v) is 13.0. The number of benzene rings is 1. The van der Waals surface area contributed by atoms with Crippen LogP contribution in [0.1, 0.15) is 45.0 Å². The van der Waals surface area contributed by atoms with E-state index in [2.05, 4.69) is 52.0 Å². The molecule has 1 N–H and O–H groups in total. The summed E-state index contributed by atoms with van der Waals surface area (Å²) in [6, 6.07) is 8.61. The summed E-state index contributed by atoms with van der Waals surface area (Å²) in [4.78, 5) is 2.66. The van der Waals surface area contributed by atoms with Gasteiger partial charge in [-0.3, -0.25) is 0 Å². The van der Waals surface area contributed by atoms with Crippen molar-refractivity contribution in [3.8, 4) is 0 Å². The third-order valence-corrected chi connectivity index (χ3v) is 4.78. The molecule has 0 fully saturated rings. The lowest BCUT2D eigenvalue weighted by molar-refractivity contribution is 0.178. The summed E-state index contributed by atoms with van der Waals surface area (Å²) in [7, 11) is 0. The van der Waals surface area contributed by atoms with Gasteiger partial charge >= 0.3 is 0 Å². The maximum absolute atomic E-state index is 10.5. The van der Waals surface area contributed by atoms with Crippen LogP contribution in [0.15, 0.2) is 24.3 Å². The lowest BCUT2D eigenvalue weighted by Gasteiger charge is -2.17. The minimum absolute atomic E-state index is 0.399. The number of rotatable bonds is 4. The summed E-state index contributed by atoms with van der Waals surface area (Å²) in [6.07, 6.45) is 1.39. The van der Waals surface area contributed by atoms with Crippen LogP contribution in [-0.2, 0) is 12.8 Å². The van der Waals surface area contributed by atoms with Crippen LogP contribution in [0.5, 0.6) is 0 Å². The fourth-order valence-corrected chi connectivity index (χ4v) is 3.73. The Bertz CT molecular complexity index is 545. The summed E-state index contributed by atoms with van der Waals surface area (Å²) >= 11 is 1.81. The summed E-state index contributed by atoms with van der Waals surface area (Å²) in [5.41, 5.74) is 4.74. The monoisotopic (exact) mass is 274 g/mol. The van der Waals surface area contributed by atoms with Gasteiger partial charge in [-0.15, -0.1) is 11.3 Å². The average molecular weight is 274 g/mol. The molecule has 1 nitrogen and oxygen atoms in total. The quantitative estimate of drug-likeness (QED) is 0.869. The molecule has 0 aliphatic carbocycles. The van der Waals surface area contributed by atoms with E-state index in [1.165, 1.54) is 26.4 Å². The summed E-state index contributed by atoms with van der Waals surface area (Å²) in [5, 5.41) is 10.5. The van der Waals surface area contributed by atoms with Gasteiger partial charge in [0.2, 0.25) is 0 Å². The highest BCUT2D eigenvalue weighted by Gasteiger charge is 2.15. The summed E-state index contributed by atoms with van der Waals surface area (Å²) < 4.78 is 0. The van der Waals surface area contributed by atoms with Gasteiger partial charge in [-0.05, 0) is 56.0 Å². The summed E-state index contributed by atoms with van der Waals surface area (Å²) in [6.45, 7) is 8.44. The smallest absolute Gasteiger partial charge is 0.0843 e. The van der Waals surface area contributed by atoms with Crippen molar-refractivity contribution in [3.05, 3.63) is 56.3 Å². The first kappa shape index (κ1) is 14.3. The zero-order chi connectivity index (χ0) is 14.0. The Morgan fingerprint density at radius 1 is 1.05 bits per heavy atom. The fourth-order valence-electron chi connectivity index (χ4n) is 2.73. The minimum atomic E-state index is -0.399. The average Bonchev–Trinajstić information content (AvgIpc) is 2.75. The topological polar surface area (TPSA) is 20.2 Å². The molecule has 2 aromatic rings. The van der Waals surface area contributed by atoms with Gasteiger partial charge in [-0.2, -0.15) is 0 Å². The Balaban J connectivity index is 2.22. The highest BCUT2D eigenvalue weighted by atomic mass is 32.1. The van der Waals surface area contributed by atoms with Gasteiger partial charge in [0, 0.05) is 16.2 Å². The van der Waals surface area contributed by atoms with Crippen molar-refractivity contribution in [2.75, 3.05) is 0 Å². The van der Waals surface area contributed by atoms with Gasteiger partial charge in [0.05, 0.1) is 6.10 Å². The number of aliphatic hydroxyl groups excluding tert-OH is 1. The first-order valence-electron chi connectivity index (χ1n) is 6.84. The second kappa shape index (κ2) is 5.89. The molecule has 0 bridgehead atoms. The van der Waals surface area contributed by atoms with Crippen molar-refractivity contribution in [2.45, 2.75) is 46.6 Å².